The first-order valence-corrected chi connectivity index (χ1v) is 7.13. The highest BCUT2D eigenvalue weighted by Crippen LogP contribution is 2.25. The normalized spacial score (nSPS) is 10.7. The lowest BCUT2D eigenvalue weighted by molar-refractivity contribution is 1.09. The fourth-order valence-corrected chi connectivity index (χ4v) is 2.13. The van der Waals surface area contributed by atoms with Crippen molar-refractivity contribution in [3.8, 4) is 0 Å². The highest BCUT2D eigenvalue weighted by atomic mass is 15.5. The predicted molar refractivity (Wildman–Crippen MR) is 93.5 cm³/mol. The van der Waals surface area contributed by atoms with E-state index in [1.54, 1.807) is 0 Å². The van der Waals surface area contributed by atoms with Crippen LogP contribution >= 0.6 is 0 Å². The number of para-hydroxylation sites is 2. The molecule has 0 amide bonds. The molecule has 3 heteroatoms. The van der Waals surface area contributed by atoms with Crippen LogP contribution in [0.2, 0.25) is 0 Å². The van der Waals surface area contributed by atoms with Crippen molar-refractivity contribution in [1.29, 1.82) is 0 Å². The summed E-state index contributed by atoms with van der Waals surface area (Å²) in [7, 11) is 0. The zero-order chi connectivity index (χ0) is 15.2. The van der Waals surface area contributed by atoms with Crippen molar-refractivity contribution in [1.82, 2.24) is 0 Å². The van der Waals surface area contributed by atoms with Crippen LogP contribution in [-0.2, 0) is 0 Å². The molecule has 3 rings (SSSR count). The molecule has 0 aromatic heterocycles. The number of benzene rings is 3. The van der Waals surface area contributed by atoms with Crippen LogP contribution in [0.5, 0.6) is 0 Å². The molecule has 0 unspecified atom stereocenters. The second-order valence-electron chi connectivity index (χ2n) is 4.89. The molecule has 22 heavy (non-hydrogen) atoms. The van der Waals surface area contributed by atoms with Crippen molar-refractivity contribution in [3.63, 3.8) is 0 Å². The lowest BCUT2D eigenvalue weighted by Gasteiger charge is -2.19. The molecule has 0 aliphatic rings. The first-order valence-electron chi connectivity index (χ1n) is 7.13. The van der Waals surface area contributed by atoms with Gasteiger partial charge in [-0.15, -0.1) is 0 Å². The second kappa shape index (κ2) is 6.59. The number of hydrazone groups is 1. The standard InChI is InChI=1S/C19H17N3/c20-17-13-11-16(12-14-17)15-21-22(18-7-3-1-4-8-18)19-9-5-2-6-10-19/h1-15H,20H2/b21-15+. The van der Waals surface area contributed by atoms with E-state index in [1.807, 2.05) is 96.2 Å². The number of nitrogens with zero attached hydrogens (tertiary/aromatic N) is 2. The molecule has 2 N–H and O–H groups in total. The zero-order valence-electron chi connectivity index (χ0n) is 12.1. The number of rotatable bonds is 4. The van der Waals surface area contributed by atoms with Gasteiger partial charge in [0.15, 0.2) is 0 Å². The third-order valence-corrected chi connectivity index (χ3v) is 3.26. The van der Waals surface area contributed by atoms with Crippen LogP contribution < -0.4 is 10.7 Å². The SMILES string of the molecule is Nc1ccc(/C=N/N(c2ccccc2)c2ccccc2)cc1. The van der Waals surface area contributed by atoms with Crippen molar-refractivity contribution in [2.24, 2.45) is 5.10 Å². The van der Waals surface area contributed by atoms with Gasteiger partial charge in [-0.2, -0.15) is 5.10 Å². The Balaban J connectivity index is 1.94. The van der Waals surface area contributed by atoms with Gasteiger partial charge in [-0.1, -0.05) is 48.5 Å². The molecule has 0 aliphatic carbocycles. The van der Waals surface area contributed by atoms with E-state index in [1.165, 1.54) is 0 Å². The summed E-state index contributed by atoms with van der Waals surface area (Å²) in [5.74, 6) is 0. The fourth-order valence-electron chi connectivity index (χ4n) is 2.13. The molecule has 108 valence electrons. The molecular weight excluding hydrogens is 270 g/mol. The van der Waals surface area contributed by atoms with E-state index in [-0.39, 0.29) is 0 Å². The maximum Gasteiger partial charge on any atom is 0.0652 e. The Kier molecular flexibility index (Phi) is 4.16. The van der Waals surface area contributed by atoms with Gasteiger partial charge in [-0.3, -0.25) is 0 Å². The van der Waals surface area contributed by atoms with Crippen molar-refractivity contribution in [2.75, 3.05) is 10.7 Å². The minimum absolute atomic E-state index is 0.750. The molecule has 3 nitrogen and oxygen atoms in total. The maximum absolute atomic E-state index is 5.71. The van der Waals surface area contributed by atoms with Gasteiger partial charge in [0.2, 0.25) is 0 Å². The fraction of sp³-hybridized carbons (Fsp3) is 0. The largest absolute Gasteiger partial charge is 0.399 e. The number of hydrogen-bond acceptors (Lipinski definition) is 3. The van der Waals surface area contributed by atoms with Gasteiger partial charge >= 0.3 is 0 Å². The summed E-state index contributed by atoms with van der Waals surface area (Å²) in [5.41, 5.74) is 9.49. The van der Waals surface area contributed by atoms with E-state index in [0.29, 0.717) is 0 Å². The van der Waals surface area contributed by atoms with Crippen molar-refractivity contribution >= 4 is 23.3 Å². The molecule has 0 atom stereocenters. The number of nitrogens with two attached hydrogens (primary N) is 1. The highest BCUT2D eigenvalue weighted by Gasteiger charge is 2.06. The molecule has 3 aromatic rings. The molecule has 0 saturated heterocycles. The van der Waals surface area contributed by atoms with E-state index in [2.05, 4.69) is 5.10 Å². The number of nitrogen functional groups attached to an aromatic ring is 1. The van der Waals surface area contributed by atoms with Gasteiger partial charge < -0.3 is 5.73 Å². The molecule has 0 spiro atoms. The van der Waals surface area contributed by atoms with Gasteiger partial charge in [-0.05, 0) is 42.0 Å². The van der Waals surface area contributed by atoms with E-state index in [4.69, 9.17) is 5.73 Å². The quantitative estimate of drug-likeness (QED) is 0.438. The molecule has 0 bridgehead atoms. The van der Waals surface area contributed by atoms with Gasteiger partial charge in [0.25, 0.3) is 0 Å². The number of anilines is 3. The molecular formula is C19H17N3. The van der Waals surface area contributed by atoms with Crippen LogP contribution in [-0.4, -0.2) is 6.21 Å². The monoisotopic (exact) mass is 287 g/mol. The second-order valence-corrected chi connectivity index (χ2v) is 4.89. The summed E-state index contributed by atoms with van der Waals surface area (Å²) in [6.07, 6.45) is 1.83. The van der Waals surface area contributed by atoms with Gasteiger partial charge in [0.1, 0.15) is 0 Å². The summed E-state index contributed by atoms with van der Waals surface area (Å²) < 4.78 is 0. The third-order valence-electron chi connectivity index (χ3n) is 3.26. The molecule has 0 heterocycles. The van der Waals surface area contributed by atoms with E-state index >= 15 is 0 Å². The predicted octanol–water partition coefficient (Wildman–Crippen LogP) is 4.44. The summed E-state index contributed by atoms with van der Waals surface area (Å²) in [6.45, 7) is 0. The van der Waals surface area contributed by atoms with Gasteiger partial charge in [-0.25, -0.2) is 5.01 Å². The van der Waals surface area contributed by atoms with Crippen molar-refractivity contribution < 1.29 is 0 Å². The van der Waals surface area contributed by atoms with E-state index in [0.717, 1.165) is 22.6 Å². The van der Waals surface area contributed by atoms with Crippen molar-refractivity contribution in [3.05, 3.63) is 90.5 Å². The third kappa shape index (κ3) is 3.33. The Morgan fingerprint density at radius 3 is 1.68 bits per heavy atom. The van der Waals surface area contributed by atoms with Crippen LogP contribution in [0.25, 0.3) is 0 Å². The number of hydrogen-bond donors (Lipinski definition) is 1. The van der Waals surface area contributed by atoms with Crippen LogP contribution in [0.4, 0.5) is 17.1 Å². The van der Waals surface area contributed by atoms with Crippen molar-refractivity contribution in [2.45, 2.75) is 0 Å². The minimum atomic E-state index is 0.750. The van der Waals surface area contributed by atoms with E-state index in [9.17, 15) is 0 Å². The highest BCUT2D eigenvalue weighted by molar-refractivity contribution is 5.82. The zero-order valence-corrected chi connectivity index (χ0v) is 12.1. The average molecular weight is 287 g/mol. The summed E-state index contributed by atoms with van der Waals surface area (Å²) in [5, 5.41) is 6.54. The van der Waals surface area contributed by atoms with Gasteiger partial charge in [0, 0.05) is 5.69 Å². The van der Waals surface area contributed by atoms with Crippen LogP contribution in [0.15, 0.2) is 90.0 Å². The summed E-state index contributed by atoms with van der Waals surface area (Å²) in [6, 6.07) is 27.8. The van der Waals surface area contributed by atoms with Gasteiger partial charge in [0.05, 0.1) is 17.6 Å². The average Bonchev–Trinajstić information content (AvgIpc) is 2.59. The maximum atomic E-state index is 5.71. The van der Waals surface area contributed by atoms with Crippen LogP contribution in [0.1, 0.15) is 5.56 Å². The molecule has 0 fully saturated rings. The Morgan fingerprint density at radius 1 is 0.682 bits per heavy atom. The lowest BCUT2D eigenvalue weighted by atomic mass is 10.2. The summed E-state index contributed by atoms with van der Waals surface area (Å²) >= 11 is 0. The first kappa shape index (κ1) is 13.9. The van der Waals surface area contributed by atoms with E-state index < -0.39 is 0 Å². The van der Waals surface area contributed by atoms with Crippen LogP contribution in [0.3, 0.4) is 0 Å². The van der Waals surface area contributed by atoms with Crippen LogP contribution in [0, 0.1) is 0 Å². The topological polar surface area (TPSA) is 41.6 Å². The summed E-state index contributed by atoms with van der Waals surface area (Å²) in [4.78, 5) is 0. The minimum Gasteiger partial charge on any atom is -0.399 e. The molecule has 0 aliphatic heterocycles. The smallest absolute Gasteiger partial charge is 0.0652 e. The molecule has 0 radical (unpaired) electrons. The Hall–Kier alpha value is -3.07. The lowest BCUT2D eigenvalue weighted by Crippen LogP contribution is -2.09. The molecule has 0 saturated carbocycles. The Morgan fingerprint density at radius 2 is 1.18 bits per heavy atom. The Bertz CT molecular complexity index is 695. The Labute approximate surface area is 130 Å². The first-order chi connectivity index (χ1) is 10.8. The molecule has 3 aromatic carbocycles.